The van der Waals surface area contributed by atoms with Crippen molar-refractivity contribution in [1.82, 2.24) is 5.32 Å². The van der Waals surface area contributed by atoms with Gasteiger partial charge in [-0.2, -0.15) is 0 Å². The van der Waals surface area contributed by atoms with Crippen LogP contribution in [0.1, 0.15) is 0 Å². The molecule has 0 amide bonds. The van der Waals surface area contributed by atoms with Crippen molar-refractivity contribution in [2.24, 2.45) is 5.73 Å². The second-order valence-electron chi connectivity index (χ2n) is 2.37. The summed E-state index contributed by atoms with van der Waals surface area (Å²) >= 11 is 0. The van der Waals surface area contributed by atoms with Gasteiger partial charge in [-0.25, -0.2) is 0 Å². The minimum Gasteiger partial charge on any atom is -0.480 e. The predicted molar refractivity (Wildman–Crippen MR) is 34.0 cm³/mol. The summed E-state index contributed by atoms with van der Waals surface area (Å²) in [6, 6.07) is -2.54. The van der Waals surface area contributed by atoms with Gasteiger partial charge in [0.2, 0.25) is 0 Å². The van der Waals surface area contributed by atoms with Crippen molar-refractivity contribution in [3.8, 4) is 0 Å². The zero-order valence-corrected chi connectivity index (χ0v) is 5.52. The van der Waals surface area contributed by atoms with Gasteiger partial charge < -0.3 is 15.9 Å². The highest BCUT2D eigenvalue weighted by Gasteiger charge is 2.48. The maximum absolute atomic E-state index is 10.2. The number of carbonyl (C=O) groups is 2. The normalized spacial score (nSPS) is 31.0. The molecular formula is C5H8N2O4. The largest absolute Gasteiger partial charge is 0.480 e. The summed E-state index contributed by atoms with van der Waals surface area (Å²) in [5.41, 5.74) is 5.12. The van der Waals surface area contributed by atoms with Crippen molar-refractivity contribution in [2.45, 2.75) is 18.1 Å². The summed E-state index contributed by atoms with van der Waals surface area (Å²) < 4.78 is 0. The van der Waals surface area contributed by atoms with E-state index in [2.05, 4.69) is 5.32 Å². The lowest BCUT2D eigenvalue weighted by Gasteiger charge is -2.00. The molecular weight excluding hydrogens is 152 g/mol. The van der Waals surface area contributed by atoms with E-state index in [1.165, 1.54) is 0 Å². The van der Waals surface area contributed by atoms with Crippen LogP contribution in [0.5, 0.6) is 0 Å². The van der Waals surface area contributed by atoms with Gasteiger partial charge in [0.1, 0.15) is 12.1 Å². The molecule has 0 radical (unpaired) electrons. The van der Waals surface area contributed by atoms with Crippen molar-refractivity contribution in [3.63, 3.8) is 0 Å². The molecule has 11 heavy (non-hydrogen) atoms. The van der Waals surface area contributed by atoms with Crippen molar-refractivity contribution >= 4 is 11.9 Å². The molecule has 0 bridgehead atoms. The van der Waals surface area contributed by atoms with Crippen LogP contribution in [0.3, 0.4) is 0 Å². The molecule has 1 rings (SSSR count). The summed E-state index contributed by atoms with van der Waals surface area (Å²) in [7, 11) is 0. The van der Waals surface area contributed by atoms with Crippen molar-refractivity contribution < 1.29 is 19.8 Å². The zero-order valence-electron chi connectivity index (χ0n) is 5.52. The Morgan fingerprint density at radius 3 is 2.27 bits per heavy atom. The fourth-order valence-electron chi connectivity index (χ4n) is 0.841. The van der Waals surface area contributed by atoms with Gasteiger partial charge in [0.25, 0.3) is 0 Å². The molecule has 0 aromatic heterocycles. The minimum atomic E-state index is -1.19. The third-order valence-electron chi connectivity index (χ3n) is 1.56. The number of hydrogen-bond donors (Lipinski definition) is 4. The van der Waals surface area contributed by atoms with E-state index >= 15 is 0 Å². The van der Waals surface area contributed by atoms with Gasteiger partial charge in [0, 0.05) is 0 Å². The van der Waals surface area contributed by atoms with Gasteiger partial charge in [-0.05, 0) is 0 Å². The Balaban J connectivity index is 2.43. The smallest absolute Gasteiger partial charge is 0.322 e. The molecule has 0 spiro atoms. The molecule has 1 aliphatic rings. The number of nitrogens with one attached hydrogen (secondary N) is 1. The summed E-state index contributed by atoms with van der Waals surface area (Å²) in [6.45, 7) is 0. The molecule has 0 aliphatic carbocycles. The maximum Gasteiger partial charge on any atom is 0.322 e. The molecule has 6 nitrogen and oxygen atoms in total. The van der Waals surface area contributed by atoms with E-state index in [0.717, 1.165) is 0 Å². The second-order valence-corrected chi connectivity index (χ2v) is 2.37. The molecule has 6 heteroatoms. The van der Waals surface area contributed by atoms with Crippen LogP contribution in [0, 0.1) is 0 Å². The molecule has 0 unspecified atom stereocenters. The SMILES string of the molecule is N[C@H](C(=O)O)[C@H]1N[C@@H]1C(=O)O. The van der Waals surface area contributed by atoms with Gasteiger partial charge >= 0.3 is 11.9 Å². The van der Waals surface area contributed by atoms with Gasteiger partial charge in [-0.3, -0.25) is 14.9 Å². The van der Waals surface area contributed by atoms with Crippen LogP contribution in [0.2, 0.25) is 0 Å². The maximum atomic E-state index is 10.2. The number of hydrogen-bond acceptors (Lipinski definition) is 4. The van der Waals surface area contributed by atoms with Crippen molar-refractivity contribution in [3.05, 3.63) is 0 Å². The average Bonchev–Trinajstić information content (AvgIpc) is 2.63. The molecule has 0 aromatic carbocycles. The Bertz CT molecular complexity index is 205. The van der Waals surface area contributed by atoms with Crippen molar-refractivity contribution in [2.75, 3.05) is 0 Å². The standard InChI is InChI=1S/C5H8N2O4/c6-1(4(8)9)2-3(7-2)5(10)11/h1-3,7H,6H2,(H,8,9)(H,10,11)/t1-,2+,3-/m0/s1. The van der Waals surface area contributed by atoms with Gasteiger partial charge in [0.15, 0.2) is 0 Å². The van der Waals surface area contributed by atoms with Crippen LogP contribution in [0.25, 0.3) is 0 Å². The number of nitrogens with two attached hydrogens (primary N) is 1. The topological polar surface area (TPSA) is 123 Å². The van der Waals surface area contributed by atoms with Crippen LogP contribution < -0.4 is 11.1 Å². The first-order chi connectivity index (χ1) is 5.04. The summed E-state index contributed by atoms with van der Waals surface area (Å²) in [6.07, 6.45) is 0. The Labute approximate surface area is 62.0 Å². The van der Waals surface area contributed by atoms with Crippen LogP contribution in [-0.2, 0) is 9.59 Å². The molecule has 62 valence electrons. The first kappa shape index (κ1) is 7.96. The van der Waals surface area contributed by atoms with Gasteiger partial charge in [0.05, 0.1) is 6.04 Å². The zero-order chi connectivity index (χ0) is 8.59. The molecule has 5 N–H and O–H groups in total. The molecule has 0 aromatic rings. The Morgan fingerprint density at radius 2 is 2.00 bits per heavy atom. The number of carboxylic acid groups (broad SMARTS) is 2. The molecule has 0 saturated carbocycles. The Kier molecular flexibility index (Phi) is 1.79. The molecule has 1 heterocycles. The van der Waals surface area contributed by atoms with E-state index < -0.39 is 30.1 Å². The van der Waals surface area contributed by atoms with E-state index in [0.29, 0.717) is 0 Å². The van der Waals surface area contributed by atoms with Crippen molar-refractivity contribution in [1.29, 1.82) is 0 Å². The molecule has 1 aliphatic heterocycles. The number of carboxylic acids is 2. The summed E-state index contributed by atoms with van der Waals surface area (Å²) in [5, 5.41) is 19.1. The second kappa shape index (κ2) is 2.48. The van der Waals surface area contributed by atoms with E-state index in [1.54, 1.807) is 0 Å². The predicted octanol–water partition coefficient (Wildman–Crippen LogP) is -2.18. The summed E-state index contributed by atoms with van der Waals surface area (Å²) in [5.74, 6) is -2.25. The molecule has 3 atom stereocenters. The Hall–Kier alpha value is -1.14. The molecule has 1 fully saturated rings. The highest BCUT2D eigenvalue weighted by molar-refractivity contribution is 5.83. The lowest BCUT2D eigenvalue weighted by molar-refractivity contribution is -0.138. The van der Waals surface area contributed by atoms with E-state index in [9.17, 15) is 9.59 Å². The number of rotatable bonds is 3. The van der Waals surface area contributed by atoms with Gasteiger partial charge in [-0.15, -0.1) is 0 Å². The van der Waals surface area contributed by atoms with E-state index in [1.807, 2.05) is 0 Å². The lowest BCUT2D eigenvalue weighted by Crippen LogP contribution is -2.38. The first-order valence-corrected chi connectivity index (χ1v) is 3.01. The third-order valence-corrected chi connectivity index (χ3v) is 1.56. The fraction of sp³-hybridized carbons (Fsp3) is 0.600. The highest BCUT2D eigenvalue weighted by Crippen LogP contribution is 2.13. The first-order valence-electron chi connectivity index (χ1n) is 3.01. The monoisotopic (exact) mass is 160 g/mol. The van der Waals surface area contributed by atoms with E-state index in [-0.39, 0.29) is 0 Å². The quantitative estimate of drug-likeness (QED) is 0.348. The number of aliphatic carboxylic acids is 2. The fourth-order valence-corrected chi connectivity index (χ4v) is 0.841. The highest BCUT2D eigenvalue weighted by atomic mass is 16.4. The average molecular weight is 160 g/mol. The van der Waals surface area contributed by atoms with Crippen LogP contribution in [0.15, 0.2) is 0 Å². The van der Waals surface area contributed by atoms with Crippen LogP contribution in [0.4, 0.5) is 0 Å². The Morgan fingerprint density at radius 1 is 1.45 bits per heavy atom. The summed E-state index contributed by atoms with van der Waals surface area (Å²) in [4.78, 5) is 20.4. The lowest BCUT2D eigenvalue weighted by atomic mass is 10.2. The van der Waals surface area contributed by atoms with Crippen LogP contribution in [-0.4, -0.2) is 40.3 Å². The van der Waals surface area contributed by atoms with E-state index in [4.69, 9.17) is 15.9 Å². The third kappa shape index (κ3) is 1.47. The van der Waals surface area contributed by atoms with Gasteiger partial charge in [-0.1, -0.05) is 0 Å². The minimum absolute atomic E-state index is 0.620. The van der Waals surface area contributed by atoms with Crippen LogP contribution >= 0.6 is 0 Å². The molecule has 1 saturated heterocycles.